The van der Waals surface area contributed by atoms with Gasteiger partial charge >= 0.3 is 6.18 Å². The van der Waals surface area contributed by atoms with E-state index in [0.29, 0.717) is 17.7 Å². The lowest BCUT2D eigenvalue weighted by atomic mass is 10.2. The van der Waals surface area contributed by atoms with Crippen LogP contribution >= 0.6 is 0 Å². The van der Waals surface area contributed by atoms with Gasteiger partial charge in [0.25, 0.3) is 0 Å². The molecule has 0 bridgehead atoms. The molecule has 0 aliphatic heterocycles. The van der Waals surface area contributed by atoms with Crippen molar-refractivity contribution < 1.29 is 18.0 Å². The van der Waals surface area contributed by atoms with E-state index >= 15 is 0 Å². The molecule has 0 saturated carbocycles. The molecule has 0 fully saturated rings. The Morgan fingerprint density at radius 1 is 1.17 bits per heavy atom. The topological polar surface area (TPSA) is 47.8 Å². The zero-order chi connectivity index (χ0) is 13.3. The lowest BCUT2D eigenvalue weighted by Gasteiger charge is -2.06. The molecule has 7 heteroatoms. The number of hydrogen-bond donors (Lipinski definition) is 0. The van der Waals surface area contributed by atoms with Gasteiger partial charge in [-0.1, -0.05) is 0 Å². The minimum atomic E-state index is -4.38. The highest BCUT2D eigenvalue weighted by Crippen LogP contribution is 2.29. The first-order chi connectivity index (χ1) is 8.41. The summed E-state index contributed by atoms with van der Waals surface area (Å²) < 4.78 is 37.1. The molecule has 0 aliphatic rings. The molecule has 1 aromatic carbocycles. The maximum atomic E-state index is 12.4. The second kappa shape index (κ2) is 4.25. The Morgan fingerprint density at radius 2 is 1.78 bits per heavy atom. The Bertz CT molecular complexity index is 572. The normalized spacial score (nSPS) is 11.6. The average molecular weight is 255 g/mol. The number of nitrogens with zero attached hydrogens (tertiary/aromatic N) is 3. The van der Waals surface area contributed by atoms with E-state index in [4.69, 9.17) is 0 Å². The molecule has 0 N–H and O–H groups in total. The standard InChI is InChI=1S/C11H8F3N3O/c1-7-10(6-18)16-17(15-7)9-4-2-8(3-5-9)11(12,13)14/h2-6H,1H3. The van der Waals surface area contributed by atoms with E-state index in [-0.39, 0.29) is 5.69 Å². The summed E-state index contributed by atoms with van der Waals surface area (Å²) in [5.41, 5.74) is 0.199. The molecule has 4 nitrogen and oxygen atoms in total. The van der Waals surface area contributed by atoms with Crippen molar-refractivity contribution in [3.63, 3.8) is 0 Å². The van der Waals surface area contributed by atoms with Crippen molar-refractivity contribution in [1.82, 2.24) is 15.0 Å². The summed E-state index contributed by atoms with van der Waals surface area (Å²) in [7, 11) is 0. The number of carbonyl (C=O) groups is 1. The smallest absolute Gasteiger partial charge is 0.296 e. The molecule has 0 aliphatic carbocycles. The van der Waals surface area contributed by atoms with E-state index in [1.54, 1.807) is 6.92 Å². The molecule has 0 amide bonds. The summed E-state index contributed by atoms with van der Waals surface area (Å²) in [6, 6.07) is 4.37. The quantitative estimate of drug-likeness (QED) is 0.774. The molecule has 2 aromatic rings. The highest BCUT2D eigenvalue weighted by Gasteiger charge is 2.30. The first kappa shape index (κ1) is 12.3. The monoisotopic (exact) mass is 255 g/mol. The van der Waals surface area contributed by atoms with Crippen molar-refractivity contribution in [3.05, 3.63) is 41.2 Å². The number of alkyl halides is 3. The van der Waals surface area contributed by atoms with Crippen LogP contribution in [-0.4, -0.2) is 21.3 Å². The fourth-order valence-electron chi connectivity index (χ4n) is 1.40. The Kier molecular flexibility index (Phi) is 2.90. The predicted octanol–water partition coefficient (Wildman–Crippen LogP) is 2.41. The molecule has 2 rings (SSSR count). The predicted molar refractivity (Wildman–Crippen MR) is 56.5 cm³/mol. The number of aromatic nitrogens is 3. The number of aryl methyl sites for hydroxylation is 1. The van der Waals surface area contributed by atoms with Crippen LogP contribution in [0.3, 0.4) is 0 Å². The van der Waals surface area contributed by atoms with Gasteiger partial charge in [-0.05, 0) is 31.2 Å². The van der Waals surface area contributed by atoms with Gasteiger partial charge in [-0.25, -0.2) is 0 Å². The molecule has 0 spiro atoms. The van der Waals surface area contributed by atoms with Crippen LogP contribution in [0.5, 0.6) is 0 Å². The van der Waals surface area contributed by atoms with Crippen molar-refractivity contribution in [2.45, 2.75) is 13.1 Å². The first-order valence-corrected chi connectivity index (χ1v) is 4.98. The van der Waals surface area contributed by atoms with Crippen molar-refractivity contribution in [2.24, 2.45) is 0 Å². The second-order valence-corrected chi connectivity index (χ2v) is 3.62. The third-order valence-corrected chi connectivity index (χ3v) is 2.36. The summed E-state index contributed by atoms with van der Waals surface area (Å²) in [6.07, 6.45) is -3.83. The zero-order valence-electron chi connectivity index (χ0n) is 9.27. The van der Waals surface area contributed by atoms with Crippen molar-refractivity contribution in [2.75, 3.05) is 0 Å². The van der Waals surface area contributed by atoms with Crippen LogP contribution in [0.2, 0.25) is 0 Å². The van der Waals surface area contributed by atoms with Gasteiger partial charge in [0.15, 0.2) is 6.29 Å². The number of benzene rings is 1. The molecule has 1 aromatic heterocycles. The van der Waals surface area contributed by atoms with Crippen LogP contribution in [0.4, 0.5) is 13.2 Å². The number of hydrogen-bond acceptors (Lipinski definition) is 3. The number of halogens is 3. The van der Waals surface area contributed by atoms with Crippen molar-refractivity contribution >= 4 is 6.29 Å². The molecule has 0 atom stereocenters. The highest BCUT2D eigenvalue weighted by atomic mass is 19.4. The highest BCUT2D eigenvalue weighted by molar-refractivity contribution is 5.72. The third-order valence-electron chi connectivity index (χ3n) is 2.36. The molecular formula is C11H8F3N3O. The molecule has 0 unspecified atom stereocenters. The SMILES string of the molecule is Cc1nn(-c2ccc(C(F)(F)F)cc2)nc1C=O. The molecular weight excluding hydrogens is 247 g/mol. The molecule has 0 radical (unpaired) electrons. The van der Waals surface area contributed by atoms with Crippen LogP contribution < -0.4 is 0 Å². The maximum absolute atomic E-state index is 12.4. The van der Waals surface area contributed by atoms with Gasteiger partial charge in [0.05, 0.1) is 16.9 Å². The second-order valence-electron chi connectivity index (χ2n) is 3.62. The average Bonchev–Trinajstić information content (AvgIpc) is 2.69. The summed E-state index contributed by atoms with van der Waals surface area (Å²) in [4.78, 5) is 11.7. The van der Waals surface area contributed by atoms with E-state index < -0.39 is 11.7 Å². The van der Waals surface area contributed by atoms with Gasteiger partial charge in [-0.2, -0.15) is 23.1 Å². The van der Waals surface area contributed by atoms with Crippen molar-refractivity contribution in [3.8, 4) is 5.69 Å². The van der Waals surface area contributed by atoms with E-state index in [9.17, 15) is 18.0 Å². The lowest BCUT2D eigenvalue weighted by molar-refractivity contribution is -0.137. The minimum absolute atomic E-state index is 0.162. The van der Waals surface area contributed by atoms with Gasteiger partial charge in [0.2, 0.25) is 0 Å². The van der Waals surface area contributed by atoms with Crippen LogP contribution in [-0.2, 0) is 6.18 Å². The largest absolute Gasteiger partial charge is 0.416 e. The third kappa shape index (κ3) is 2.24. The number of rotatable bonds is 2. The molecule has 18 heavy (non-hydrogen) atoms. The molecule has 94 valence electrons. The van der Waals surface area contributed by atoms with Crippen LogP contribution in [0.15, 0.2) is 24.3 Å². The van der Waals surface area contributed by atoms with Crippen LogP contribution in [0.25, 0.3) is 5.69 Å². The Hall–Kier alpha value is -2.18. The Balaban J connectivity index is 2.37. The van der Waals surface area contributed by atoms with Crippen LogP contribution in [0, 0.1) is 6.92 Å². The lowest BCUT2D eigenvalue weighted by Crippen LogP contribution is -2.06. The fraction of sp³-hybridized carbons (Fsp3) is 0.182. The molecule has 0 saturated heterocycles. The van der Waals surface area contributed by atoms with E-state index in [1.165, 1.54) is 12.1 Å². The van der Waals surface area contributed by atoms with E-state index in [1.807, 2.05) is 0 Å². The van der Waals surface area contributed by atoms with Gasteiger partial charge in [0.1, 0.15) is 5.69 Å². The van der Waals surface area contributed by atoms with E-state index in [0.717, 1.165) is 16.9 Å². The number of aldehydes is 1. The molecule has 1 heterocycles. The van der Waals surface area contributed by atoms with Gasteiger partial charge in [-0.3, -0.25) is 4.79 Å². The van der Waals surface area contributed by atoms with Crippen LogP contribution in [0.1, 0.15) is 21.7 Å². The minimum Gasteiger partial charge on any atom is -0.296 e. The number of carbonyl (C=O) groups excluding carboxylic acids is 1. The van der Waals surface area contributed by atoms with E-state index in [2.05, 4.69) is 10.2 Å². The fourth-order valence-corrected chi connectivity index (χ4v) is 1.40. The first-order valence-electron chi connectivity index (χ1n) is 4.98. The summed E-state index contributed by atoms with van der Waals surface area (Å²) in [6.45, 7) is 1.59. The summed E-state index contributed by atoms with van der Waals surface area (Å²) in [5.74, 6) is 0. The van der Waals surface area contributed by atoms with Crippen molar-refractivity contribution in [1.29, 1.82) is 0 Å². The zero-order valence-corrected chi connectivity index (χ0v) is 9.27. The summed E-state index contributed by atoms with van der Waals surface area (Å²) in [5, 5.41) is 7.78. The Labute approximate surface area is 100 Å². The summed E-state index contributed by atoms with van der Waals surface area (Å²) >= 11 is 0. The maximum Gasteiger partial charge on any atom is 0.416 e. The Morgan fingerprint density at radius 3 is 2.22 bits per heavy atom. The van der Waals surface area contributed by atoms with Gasteiger partial charge in [0, 0.05) is 0 Å². The van der Waals surface area contributed by atoms with Gasteiger partial charge < -0.3 is 0 Å². The van der Waals surface area contributed by atoms with Gasteiger partial charge in [-0.15, -0.1) is 5.10 Å².